The van der Waals surface area contributed by atoms with E-state index in [1.807, 2.05) is 0 Å². The summed E-state index contributed by atoms with van der Waals surface area (Å²) in [7, 11) is 1.50. The number of halogens is 6. The molecule has 0 bridgehead atoms. The van der Waals surface area contributed by atoms with E-state index < -0.39 is 35.0 Å². The molecule has 0 amide bonds. The summed E-state index contributed by atoms with van der Waals surface area (Å²) in [5.41, 5.74) is -3.59. The summed E-state index contributed by atoms with van der Waals surface area (Å²) in [5, 5.41) is 3.02. The summed E-state index contributed by atoms with van der Waals surface area (Å²) in [6.07, 6.45) is -9.49. The number of alkyl halides is 6. The van der Waals surface area contributed by atoms with E-state index in [1.165, 1.54) is 7.11 Å². The Balaban J connectivity index is 2.11. The van der Waals surface area contributed by atoms with Crippen LogP contribution in [0.25, 0.3) is 11.0 Å². The molecule has 2 heterocycles. The Morgan fingerprint density at radius 2 is 1.83 bits per heavy atom. The zero-order valence-corrected chi connectivity index (χ0v) is 12.3. The third kappa shape index (κ3) is 3.07. The second-order valence-corrected chi connectivity index (χ2v) is 5.59. The number of H-pyrrole nitrogens is 1. The number of methoxy groups -OCH3 is 1. The van der Waals surface area contributed by atoms with Gasteiger partial charge in [-0.25, -0.2) is 4.98 Å². The number of hydrogen-bond donors (Lipinski definition) is 2. The lowest BCUT2D eigenvalue weighted by atomic mass is 10.1. The third-order valence-corrected chi connectivity index (χ3v) is 3.99. The Kier molecular flexibility index (Phi) is 3.99. The monoisotopic (exact) mass is 353 g/mol. The molecule has 2 aromatic rings. The fourth-order valence-corrected chi connectivity index (χ4v) is 2.77. The lowest BCUT2D eigenvalue weighted by Gasteiger charge is -2.11. The predicted octanol–water partition coefficient (Wildman–Crippen LogP) is 3.65. The molecule has 10 heteroatoms. The van der Waals surface area contributed by atoms with Crippen molar-refractivity contribution in [2.45, 2.75) is 30.9 Å². The first-order valence-corrected chi connectivity index (χ1v) is 7.04. The highest BCUT2D eigenvalue weighted by atomic mass is 19.4. The lowest BCUT2D eigenvalue weighted by Crippen LogP contribution is -2.16. The molecule has 1 aromatic heterocycles. The van der Waals surface area contributed by atoms with E-state index in [9.17, 15) is 26.3 Å². The van der Waals surface area contributed by atoms with Crippen molar-refractivity contribution in [3.05, 3.63) is 29.1 Å². The molecular formula is C14H13F6N3O. The molecule has 1 aliphatic heterocycles. The van der Waals surface area contributed by atoms with Crippen LogP contribution < -0.4 is 5.32 Å². The van der Waals surface area contributed by atoms with Gasteiger partial charge in [0.25, 0.3) is 0 Å². The number of rotatable bonds is 2. The second-order valence-electron chi connectivity index (χ2n) is 5.59. The normalized spacial score (nSPS) is 22.5. The summed E-state index contributed by atoms with van der Waals surface area (Å²) < 4.78 is 83.1. The van der Waals surface area contributed by atoms with Crippen LogP contribution in [0.2, 0.25) is 0 Å². The molecule has 24 heavy (non-hydrogen) atoms. The molecule has 0 aliphatic carbocycles. The Bertz CT molecular complexity index is 751. The summed E-state index contributed by atoms with van der Waals surface area (Å²) in [4.78, 5) is 6.47. The van der Waals surface area contributed by atoms with E-state index in [1.54, 1.807) is 0 Å². The maximum atomic E-state index is 13.1. The average molecular weight is 353 g/mol. The first-order chi connectivity index (χ1) is 11.1. The Labute approximate surface area is 132 Å². The molecule has 0 radical (unpaired) electrons. The smallest absolute Gasteiger partial charge is 0.380 e. The van der Waals surface area contributed by atoms with Gasteiger partial charge in [0.1, 0.15) is 11.3 Å². The maximum absolute atomic E-state index is 13.1. The number of imidazole rings is 1. The van der Waals surface area contributed by atoms with Gasteiger partial charge < -0.3 is 15.0 Å². The van der Waals surface area contributed by atoms with Gasteiger partial charge in [-0.1, -0.05) is 0 Å². The molecule has 0 unspecified atom stereocenters. The number of aromatic amines is 1. The van der Waals surface area contributed by atoms with Crippen LogP contribution in [-0.2, 0) is 17.1 Å². The number of nitrogens with zero attached hydrogens (tertiary/aromatic N) is 1. The van der Waals surface area contributed by atoms with E-state index in [2.05, 4.69) is 15.3 Å². The predicted molar refractivity (Wildman–Crippen MR) is 72.3 cm³/mol. The van der Waals surface area contributed by atoms with Crippen molar-refractivity contribution in [3.8, 4) is 0 Å². The minimum absolute atomic E-state index is 0.0903. The Morgan fingerprint density at radius 1 is 1.12 bits per heavy atom. The zero-order valence-electron chi connectivity index (χ0n) is 12.3. The van der Waals surface area contributed by atoms with Crippen LogP contribution in [0.4, 0.5) is 26.3 Å². The first kappa shape index (κ1) is 17.0. The largest absolute Gasteiger partial charge is 0.418 e. The van der Waals surface area contributed by atoms with Crippen molar-refractivity contribution < 1.29 is 31.1 Å². The first-order valence-electron chi connectivity index (χ1n) is 7.04. The summed E-state index contributed by atoms with van der Waals surface area (Å²) in [5.74, 6) is 0.161. The van der Waals surface area contributed by atoms with Crippen LogP contribution in [0.1, 0.15) is 29.4 Å². The fraction of sp³-hybridized carbons (Fsp3) is 0.500. The van der Waals surface area contributed by atoms with Crippen molar-refractivity contribution >= 4 is 11.0 Å². The van der Waals surface area contributed by atoms with E-state index in [4.69, 9.17) is 4.74 Å². The second kappa shape index (κ2) is 5.62. The van der Waals surface area contributed by atoms with Gasteiger partial charge in [0.2, 0.25) is 0 Å². The highest BCUT2D eigenvalue weighted by molar-refractivity contribution is 5.80. The van der Waals surface area contributed by atoms with Crippen molar-refractivity contribution in [2.75, 3.05) is 13.7 Å². The summed E-state index contributed by atoms with van der Waals surface area (Å²) in [6, 6.07) is 0.328. The molecule has 1 fully saturated rings. The highest BCUT2D eigenvalue weighted by Gasteiger charge is 2.39. The zero-order chi connectivity index (χ0) is 17.7. The number of benzene rings is 1. The molecular weight excluding hydrogens is 340 g/mol. The summed E-state index contributed by atoms with van der Waals surface area (Å²) >= 11 is 0. The highest BCUT2D eigenvalue weighted by Crippen LogP contribution is 2.40. The van der Waals surface area contributed by atoms with Gasteiger partial charge in [0.05, 0.1) is 28.8 Å². The van der Waals surface area contributed by atoms with Gasteiger partial charge in [-0.05, 0) is 18.6 Å². The number of nitrogens with one attached hydrogen (secondary N) is 2. The van der Waals surface area contributed by atoms with E-state index >= 15 is 0 Å². The van der Waals surface area contributed by atoms with Crippen LogP contribution in [0.5, 0.6) is 0 Å². The number of fused-ring (bicyclic) bond motifs is 1. The van der Waals surface area contributed by atoms with Gasteiger partial charge in [-0.2, -0.15) is 26.3 Å². The quantitative estimate of drug-likeness (QED) is 0.811. The van der Waals surface area contributed by atoms with Gasteiger partial charge >= 0.3 is 12.4 Å². The van der Waals surface area contributed by atoms with Crippen molar-refractivity contribution in [1.82, 2.24) is 15.3 Å². The van der Waals surface area contributed by atoms with Gasteiger partial charge in [0.15, 0.2) is 0 Å². The summed E-state index contributed by atoms with van der Waals surface area (Å²) in [6.45, 7) is 0.484. The minimum atomic E-state index is -4.94. The van der Waals surface area contributed by atoms with E-state index in [-0.39, 0.29) is 23.5 Å². The Hall–Kier alpha value is -1.81. The molecule has 2 N–H and O–H groups in total. The van der Waals surface area contributed by atoms with Crippen molar-refractivity contribution in [3.63, 3.8) is 0 Å². The molecule has 0 spiro atoms. The molecule has 132 valence electrons. The van der Waals surface area contributed by atoms with Crippen molar-refractivity contribution in [2.24, 2.45) is 0 Å². The third-order valence-electron chi connectivity index (χ3n) is 3.99. The van der Waals surface area contributed by atoms with Gasteiger partial charge in [-0.3, -0.25) is 0 Å². The van der Waals surface area contributed by atoms with Crippen LogP contribution in [0.15, 0.2) is 12.1 Å². The maximum Gasteiger partial charge on any atom is 0.418 e. The SMILES string of the molecule is CO[C@H]1CN[C@@H](c2nc3c(C(F)(F)F)cc(C(F)(F)F)cc3[nH]2)C1. The van der Waals surface area contributed by atoms with Crippen LogP contribution >= 0.6 is 0 Å². The molecule has 2 atom stereocenters. The number of ether oxygens (including phenoxy) is 1. The number of hydrogen-bond acceptors (Lipinski definition) is 3. The van der Waals surface area contributed by atoms with Gasteiger partial charge in [0, 0.05) is 13.7 Å². The van der Waals surface area contributed by atoms with E-state index in [0.29, 0.717) is 19.0 Å². The van der Waals surface area contributed by atoms with E-state index in [0.717, 1.165) is 0 Å². The molecule has 1 aliphatic rings. The molecule has 1 saturated heterocycles. The van der Waals surface area contributed by atoms with Crippen molar-refractivity contribution in [1.29, 1.82) is 0 Å². The Morgan fingerprint density at radius 3 is 2.38 bits per heavy atom. The lowest BCUT2D eigenvalue weighted by molar-refractivity contribution is -0.142. The molecule has 4 nitrogen and oxygen atoms in total. The minimum Gasteiger partial charge on any atom is -0.380 e. The standard InChI is InChI=1S/C14H13F6N3O/c1-24-7-4-10(21-5-7)12-22-9-3-6(13(15,16)17)2-8(11(9)23-12)14(18,19)20/h2-3,7,10,21H,4-5H2,1H3,(H,22,23)/t7-,10-/m1/s1. The topological polar surface area (TPSA) is 49.9 Å². The van der Waals surface area contributed by atoms with Gasteiger partial charge in [-0.15, -0.1) is 0 Å². The average Bonchev–Trinajstić information content (AvgIpc) is 3.10. The molecule has 0 saturated carbocycles. The molecule has 3 rings (SSSR count). The van der Waals surface area contributed by atoms with Crippen LogP contribution in [0.3, 0.4) is 0 Å². The number of aromatic nitrogens is 2. The van der Waals surface area contributed by atoms with Crippen LogP contribution in [-0.4, -0.2) is 29.7 Å². The fourth-order valence-electron chi connectivity index (χ4n) is 2.77. The van der Waals surface area contributed by atoms with Crippen LogP contribution in [0, 0.1) is 0 Å². The molecule has 1 aromatic carbocycles.